The molecule has 0 aliphatic carbocycles. The second-order valence-electron chi connectivity index (χ2n) is 6.81. The third kappa shape index (κ3) is 6.49. The zero-order valence-corrected chi connectivity index (χ0v) is 18.3. The number of hydrogen-bond acceptors (Lipinski definition) is 4. The summed E-state index contributed by atoms with van der Waals surface area (Å²) in [5.74, 6) is -2.87. The highest BCUT2D eigenvalue weighted by Crippen LogP contribution is 2.26. The van der Waals surface area contributed by atoms with Crippen LogP contribution in [0.2, 0.25) is 5.02 Å². The summed E-state index contributed by atoms with van der Waals surface area (Å²) in [4.78, 5) is 11.7. The minimum Gasteiger partial charge on any atom is -0.380 e. The summed E-state index contributed by atoms with van der Waals surface area (Å²) >= 11 is 6.27. The van der Waals surface area contributed by atoms with Gasteiger partial charge in [-0.15, -0.1) is 0 Å². The number of anilines is 2. The molecule has 0 heterocycles. The standard InChI is InChI=1S/C22H20ClF2N3O3S/c23-18-12-16(6-9-21(18)26-14-15-4-2-1-3-5-15)28-22(29)10-11-27-32(30,31)17-7-8-19(24)20(25)13-17/h1-9,12-13,26-27H,10-11,14H2,(H,28,29). The van der Waals surface area contributed by atoms with Gasteiger partial charge in [-0.25, -0.2) is 21.9 Å². The zero-order valence-electron chi connectivity index (χ0n) is 16.7. The lowest BCUT2D eigenvalue weighted by atomic mass is 10.2. The summed E-state index contributed by atoms with van der Waals surface area (Å²) in [7, 11) is -4.08. The molecule has 0 bridgehead atoms. The van der Waals surface area contributed by atoms with Crippen LogP contribution in [-0.4, -0.2) is 20.9 Å². The number of halogens is 3. The number of hydrogen-bond donors (Lipinski definition) is 3. The monoisotopic (exact) mass is 479 g/mol. The molecule has 0 radical (unpaired) electrons. The van der Waals surface area contributed by atoms with Crippen molar-refractivity contribution in [1.82, 2.24) is 4.72 Å². The van der Waals surface area contributed by atoms with Crippen LogP contribution in [0.3, 0.4) is 0 Å². The maximum atomic E-state index is 13.3. The highest BCUT2D eigenvalue weighted by Gasteiger charge is 2.16. The van der Waals surface area contributed by atoms with Crippen LogP contribution >= 0.6 is 11.6 Å². The predicted molar refractivity (Wildman–Crippen MR) is 120 cm³/mol. The third-order valence-corrected chi connectivity index (χ3v) is 6.20. The lowest BCUT2D eigenvalue weighted by molar-refractivity contribution is -0.116. The topological polar surface area (TPSA) is 87.3 Å². The lowest BCUT2D eigenvalue weighted by Gasteiger charge is -2.11. The molecule has 3 N–H and O–H groups in total. The molecule has 0 saturated heterocycles. The Labute approximate surface area is 189 Å². The summed E-state index contributed by atoms with van der Waals surface area (Å²) in [5, 5.41) is 6.26. The van der Waals surface area contributed by atoms with Gasteiger partial charge in [-0.05, 0) is 42.0 Å². The zero-order chi connectivity index (χ0) is 23.1. The Morgan fingerprint density at radius 1 is 0.938 bits per heavy atom. The number of carbonyl (C=O) groups is 1. The molecule has 0 aliphatic heterocycles. The van der Waals surface area contributed by atoms with E-state index >= 15 is 0 Å². The molecule has 3 rings (SSSR count). The summed E-state index contributed by atoms with van der Waals surface area (Å²) < 4.78 is 52.6. The van der Waals surface area contributed by atoms with Gasteiger partial charge >= 0.3 is 0 Å². The maximum Gasteiger partial charge on any atom is 0.240 e. The van der Waals surface area contributed by atoms with Crippen molar-refractivity contribution < 1.29 is 22.0 Å². The van der Waals surface area contributed by atoms with Gasteiger partial charge in [-0.2, -0.15) is 0 Å². The van der Waals surface area contributed by atoms with Crippen molar-refractivity contribution in [3.63, 3.8) is 0 Å². The Hall–Kier alpha value is -3.01. The maximum absolute atomic E-state index is 13.3. The van der Waals surface area contributed by atoms with Crippen molar-refractivity contribution in [3.8, 4) is 0 Å². The van der Waals surface area contributed by atoms with Crippen LogP contribution in [0, 0.1) is 11.6 Å². The van der Waals surface area contributed by atoms with E-state index in [4.69, 9.17) is 11.6 Å². The molecule has 32 heavy (non-hydrogen) atoms. The second kappa shape index (κ2) is 10.5. The first-order chi connectivity index (χ1) is 15.2. The van der Waals surface area contributed by atoms with Gasteiger partial charge in [0.1, 0.15) is 0 Å². The molecule has 0 unspecified atom stereocenters. The molecule has 0 saturated carbocycles. The van der Waals surface area contributed by atoms with Gasteiger partial charge in [0.25, 0.3) is 0 Å². The van der Waals surface area contributed by atoms with Crippen LogP contribution in [0.15, 0.2) is 71.6 Å². The fourth-order valence-corrected chi connectivity index (χ4v) is 4.07. The van der Waals surface area contributed by atoms with E-state index in [1.54, 1.807) is 18.2 Å². The van der Waals surface area contributed by atoms with E-state index < -0.39 is 32.5 Å². The Morgan fingerprint density at radius 2 is 1.69 bits per heavy atom. The second-order valence-corrected chi connectivity index (χ2v) is 8.98. The van der Waals surface area contributed by atoms with E-state index in [1.165, 1.54) is 0 Å². The molecule has 3 aromatic carbocycles. The molecule has 3 aromatic rings. The Balaban J connectivity index is 1.50. The molecule has 0 fully saturated rings. The van der Waals surface area contributed by atoms with Crippen molar-refractivity contribution in [1.29, 1.82) is 0 Å². The summed E-state index contributed by atoms with van der Waals surface area (Å²) in [6.45, 7) is 0.363. The fraction of sp³-hybridized carbons (Fsp3) is 0.136. The van der Waals surface area contributed by atoms with Crippen LogP contribution in [0.1, 0.15) is 12.0 Å². The van der Waals surface area contributed by atoms with E-state index in [0.29, 0.717) is 29.0 Å². The Bertz CT molecular complexity index is 1210. The fourth-order valence-electron chi connectivity index (χ4n) is 2.78. The van der Waals surface area contributed by atoms with E-state index in [9.17, 15) is 22.0 Å². The quantitative estimate of drug-likeness (QED) is 0.420. The summed E-state index contributed by atoms with van der Waals surface area (Å²) in [6, 6.07) is 17.0. The van der Waals surface area contributed by atoms with Crippen molar-refractivity contribution >= 4 is 38.9 Å². The largest absolute Gasteiger partial charge is 0.380 e. The first kappa shape index (κ1) is 23.6. The first-order valence-corrected chi connectivity index (χ1v) is 11.4. The van der Waals surface area contributed by atoms with Gasteiger partial charge in [0.15, 0.2) is 11.6 Å². The van der Waals surface area contributed by atoms with Gasteiger partial charge in [-0.3, -0.25) is 4.79 Å². The number of amides is 1. The lowest BCUT2D eigenvalue weighted by Crippen LogP contribution is -2.28. The van der Waals surface area contributed by atoms with Gasteiger partial charge < -0.3 is 10.6 Å². The van der Waals surface area contributed by atoms with Crippen LogP contribution < -0.4 is 15.4 Å². The number of sulfonamides is 1. The Morgan fingerprint density at radius 3 is 2.38 bits per heavy atom. The van der Waals surface area contributed by atoms with Gasteiger partial charge in [0, 0.05) is 25.2 Å². The average Bonchev–Trinajstić information content (AvgIpc) is 2.75. The van der Waals surface area contributed by atoms with Crippen LogP contribution in [0.5, 0.6) is 0 Å². The predicted octanol–water partition coefficient (Wildman–Crippen LogP) is 4.54. The van der Waals surface area contributed by atoms with E-state index in [2.05, 4.69) is 15.4 Å². The number of rotatable bonds is 9. The normalized spacial score (nSPS) is 11.2. The molecule has 1 amide bonds. The molecule has 10 heteroatoms. The Kier molecular flexibility index (Phi) is 7.79. The smallest absolute Gasteiger partial charge is 0.240 e. The summed E-state index contributed by atoms with van der Waals surface area (Å²) in [5.41, 5.74) is 2.24. The van der Waals surface area contributed by atoms with Crippen molar-refractivity contribution in [3.05, 3.63) is 89.0 Å². The number of nitrogens with one attached hydrogen (secondary N) is 3. The molecule has 0 aromatic heterocycles. The molecule has 168 valence electrons. The van der Waals surface area contributed by atoms with Crippen LogP contribution in [0.4, 0.5) is 20.2 Å². The number of carbonyl (C=O) groups excluding carboxylic acids is 1. The minimum absolute atomic E-state index is 0.172. The highest BCUT2D eigenvalue weighted by molar-refractivity contribution is 7.89. The summed E-state index contributed by atoms with van der Waals surface area (Å²) in [6.07, 6.45) is -0.172. The SMILES string of the molecule is O=C(CCNS(=O)(=O)c1ccc(F)c(F)c1)Nc1ccc(NCc2ccccc2)c(Cl)c1. The highest BCUT2D eigenvalue weighted by atomic mass is 35.5. The number of benzene rings is 3. The van der Waals surface area contributed by atoms with Crippen LogP contribution in [0.25, 0.3) is 0 Å². The third-order valence-electron chi connectivity index (χ3n) is 4.42. The molecular weight excluding hydrogens is 460 g/mol. The molecule has 0 aliphatic rings. The van der Waals surface area contributed by atoms with Crippen molar-refractivity contribution in [2.45, 2.75) is 17.9 Å². The molecule has 0 atom stereocenters. The van der Waals surface area contributed by atoms with Gasteiger partial charge in [0.2, 0.25) is 15.9 Å². The van der Waals surface area contributed by atoms with Gasteiger partial charge in [0.05, 0.1) is 15.6 Å². The van der Waals surface area contributed by atoms with Gasteiger partial charge in [-0.1, -0.05) is 41.9 Å². The van der Waals surface area contributed by atoms with E-state index in [1.807, 2.05) is 30.3 Å². The van der Waals surface area contributed by atoms with E-state index in [-0.39, 0.29) is 13.0 Å². The van der Waals surface area contributed by atoms with Crippen LogP contribution in [-0.2, 0) is 21.4 Å². The average molecular weight is 480 g/mol. The van der Waals surface area contributed by atoms with Crippen molar-refractivity contribution in [2.75, 3.05) is 17.2 Å². The molecule has 0 spiro atoms. The molecular formula is C22H20ClF2N3O3S. The first-order valence-electron chi connectivity index (χ1n) is 9.56. The van der Waals surface area contributed by atoms with Crippen molar-refractivity contribution in [2.24, 2.45) is 0 Å². The van der Waals surface area contributed by atoms with E-state index in [0.717, 1.165) is 17.7 Å². The minimum atomic E-state index is -4.08. The molecule has 6 nitrogen and oxygen atoms in total.